The van der Waals surface area contributed by atoms with Gasteiger partial charge in [-0.15, -0.1) is 24.0 Å². The van der Waals surface area contributed by atoms with Gasteiger partial charge >= 0.3 is 0 Å². The van der Waals surface area contributed by atoms with Gasteiger partial charge in [0.2, 0.25) is 0 Å². The second kappa shape index (κ2) is 9.26. The minimum Gasteiger partial charge on any atom is -0.484 e. The SMILES string of the molecule is CN(C(N)=NCCc1ccc(OCC(=O)NC2CC2)cc1)C1CC1.I. The van der Waals surface area contributed by atoms with Crippen molar-refractivity contribution in [3.63, 3.8) is 0 Å². The van der Waals surface area contributed by atoms with Gasteiger partial charge in [0.15, 0.2) is 12.6 Å². The van der Waals surface area contributed by atoms with E-state index in [-0.39, 0.29) is 36.5 Å². The molecule has 6 nitrogen and oxygen atoms in total. The number of ether oxygens (including phenoxy) is 1. The van der Waals surface area contributed by atoms with Crippen molar-refractivity contribution in [1.29, 1.82) is 0 Å². The highest BCUT2D eigenvalue weighted by Crippen LogP contribution is 2.24. The van der Waals surface area contributed by atoms with Gasteiger partial charge in [0, 0.05) is 25.7 Å². The van der Waals surface area contributed by atoms with E-state index in [0.717, 1.165) is 19.3 Å². The molecule has 0 aliphatic heterocycles. The fraction of sp³-hybridized carbons (Fsp3) is 0.556. The van der Waals surface area contributed by atoms with Crippen molar-refractivity contribution < 1.29 is 9.53 Å². The summed E-state index contributed by atoms with van der Waals surface area (Å²) in [4.78, 5) is 18.1. The quantitative estimate of drug-likeness (QED) is 0.355. The molecule has 2 saturated carbocycles. The molecule has 1 aromatic rings. The first-order chi connectivity index (χ1) is 11.6. The van der Waals surface area contributed by atoms with E-state index in [4.69, 9.17) is 10.5 Å². The van der Waals surface area contributed by atoms with Crippen LogP contribution in [0.25, 0.3) is 0 Å². The summed E-state index contributed by atoms with van der Waals surface area (Å²) in [5, 5.41) is 2.90. The Labute approximate surface area is 166 Å². The molecule has 0 aromatic heterocycles. The first-order valence-electron chi connectivity index (χ1n) is 8.65. The van der Waals surface area contributed by atoms with E-state index < -0.39 is 0 Å². The molecule has 2 aliphatic rings. The third kappa shape index (κ3) is 6.72. The van der Waals surface area contributed by atoms with E-state index >= 15 is 0 Å². The van der Waals surface area contributed by atoms with Gasteiger partial charge in [-0.3, -0.25) is 9.79 Å². The lowest BCUT2D eigenvalue weighted by molar-refractivity contribution is -0.123. The number of benzene rings is 1. The minimum absolute atomic E-state index is 0. The molecular weight excluding hydrogens is 431 g/mol. The lowest BCUT2D eigenvalue weighted by atomic mass is 10.1. The van der Waals surface area contributed by atoms with Crippen molar-refractivity contribution in [2.75, 3.05) is 20.2 Å². The van der Waals surface area contributed by atoms with Crippen LogP contribution in [0.1, 0.15) is 31.2 Å². The minimum atomic E-state index is -0.0498. The Kier molecular flexibility index (Phi) is 7.34. The van der Waals surface area contributed by atoms with Gasteiger partial charge in [-0.25, -0.2) is 0 Å². The summed E-state index contributed by atoms with van der Waals surface area (Å²) in [7, 11) is 2.00. The molecule has 0 saturated heterocycles. The van der Waals surface area contributed by atoms with Crippen molar-refractivity contribution in [2.45, 2.75) is 44.2 Å². The van der Waals surface area contributed by atoms with Crippen LogP contribution in [0.4, 0.5) is 0 Å². The lowest BCUT2D eigenvalue weighted by Gasteiger charge is -2.16. The van der Waals surface area contributed by atoms with Gasteiger partial charge in [0.25, 0.3) is 5.91 Å². The number of nitrogens with one attached hydrogen (secondary N) is 1. The Morgan fingerprint density at radius 2 is 1.96 bits per heavy atom. The molecular formula is C18H27IN4O2. The summed E-state index contributed by atoms with van der Waals surface area (Å²) in [6.07, 6.45) is 5.44. The molecule has 138 valence electrons. The third-order valence-electron chi connectivity index (χ3n) is 4.37. The van der Waals surface area contributed by atoms with E-state index in [1.807, 2.05) is 31.3 Å². The van der Waals surface area contributed by atoms with Crippen LogP contribution in [-0.2, 0) is 11.2 Å². The molecule has 3 N–H and O–H groups in total. The zero-order valence-corrected chi connectivity index (χ0v) is 16.9. The summed E-state index contributed by atoms with van der Waals surface area (Å²) in [6, 6.07) is 8.75. The van der Waals surface area contributed by atoms with E-state index in [1.165, 1.54) is 18.4 Å². The van der Waals surface area contributed by atoms with Crippen LogP contribution in [-0.4, -0.2) is 49.0 Å². The molecule has 0 bridgehead atoms. The zero-order valence-electron chi connectivity index (χ0n) is 14.6. The monoisotopic (exact) mass is 458 g/mol. The summed E-state index contributed by atoms with van der Waals surface area (Å²) >= 11 is 0. The van der Waals surface area contributed by atoms with Gasteiger partial charge in [-0.05, 0) is 49.8 Å². The van der Waals surface area contributed by atoms with Gasteiger partial charge in [0.05, 0.1) is 0 Å². The number of carbonyl (C=O) groups excluding carboxylic acids is 1. The largest absolute Gasteiger partial charge is 0.484 e. The van der Waals surface area contributed by atoms with Crippen molar-refractivity contribution in [1.82, 2.24) is 10.2 Å². The Bertz CT molecular complexity index is 598. The standard InChI is InChI=1S/C18H26N4O2.HI/c1-22(15-6-7-15)18(19)20-11-10-13-2-8-16(9-3-13)24-12-17(23)21-14-4-5-14;/h2-3,8-9,14-15H,4-7,10-12H2,1H3,(H2,19,20)(H,21,23);1H. The molecule has 0 unspecified atom stereocenters. The number of hydrogen-bond acceptors (Lipinski definition) is 3. The molecule has 1 amide bonds. The van der Waals surface area contributed by atoms with Gasteiger partial charge in [-0.2, -0.15) is 0 Å². The van der Waals surface area contributed by atoms with Crippen molar-refractivity contribution in [3.05, 3.63) is 29.8 Å². The van der Waals surface area contributed by atoms with Crippen LogP contribution in [0.5, 0.6) is 5.75 Å². The highest BCUT2D eigenvalue weighted by atomic mass is 127. The van der Waals surface area contributed by atoms with E-state index in [9.17, 15) is 4.79 Å². The van der Waals surface area contributed by atoms with Crippen LogP contribution >= 0.6 is 24.0 Å². The topological polar surface area (TPSA) is 79.9 Å². The molecule has 7 heteroatoms. The van der Waals surface area contributed by atoms with Crippen molar-refractivity contribution >= 4 is 35.8 Å². The molecule has 1 aromatic carbocycles. The van der Waals surface area contributed by atoms with Crippen LogP contribution < -0.4 is 15.8 Å². The Morgan fingerprint density at radius 3 is 2.56 bits per heavy atom. The number of amides is 1. The molecule has 2 fully saturated rings. The molecule has 3 rings (SSSR count). The highest BCUT2D eigenvalue weighted by molar-refractivity contribution is 14.0. The van der Waals surface area contributed by atoms with Crippen LogP contribution in [0.3, 0.4) is 0 Å². The fourth-order valence-corrected chi connectivity index (χ4v) is 2.46. The average Bonchev–Trinajstić information content (AvgIpc) is 3.46. The van der Waals surface area contributed by atoms with Gasteiger partial charge < -0.3 is 20.7 Å². The predicted octanol–water partition coefficient (Wildman–Crippen LogP) is 1.91. The first kappa shape index (κ1) is 19.8. The molecule has 0 radical (unpaired) electrons. The lowest BCUT2D eigenvalue weighted by Crippen LogP contribution is -2.35. The van der Waals surface area contributed by atoms with E-state index in [2.05, 4.69) is 15.2 Å². The number of nitrogens with zero attached hydrogens (tertiary/aromatic N) is 2. The molecule has 2 aliphatic carbocycles. The highest BCUT2D eigenvalue weighted by Gasteiger charge is 2.27. The number of rotatable bonds is 8. The molecule has 0 atom stereocenters. The van der Waals surface area contributed by atoms with Crippen molar-refractivity contribution in [2.24, 2.45) is 10.7 Å². The van der Waals surface area contributed by atoms with Crippen LogP contribution in [0.2, 0.25) is 0 Å². The number of carbonyl (C=O) groups is 1. The normalized spacial score (nSPS) is 16.8. The third-order valence-corrected chi connectivity index (χ3v) is 4.37. The van der Waals surface area contributed by atoms with Crippen LogP contribution in [0.15, 0.2) is 29.3 Å². The Morgan fingerprint density at radius 1 is 1.28 bits per heavy atom. The summed E-state index contributed by atoms with van der Waals surface area (Å²) in [5.41, 5.74) is 7.15. The number of hydrogen-bond donors (Lipinski definition) is 2. The van der Waals surface area contributed by atoms with E-state index in [0.29, 0.717) is 30.3 Å². The first-order valence-corrected chi connectivity index (χ1v) is 8.65. The molecule has 0 heterocycles. The predicted molar refractivity (Wildman–Crippen MR) is 109 cm³/mol. The molecule has 25 heavy (non-hydrogen) atoms. The van der Waals surface area contributed by atoms with Crippen molar-refractivity contribution in [3.8, 4) is 5.75 Å². The van der Waals surface area contributed by atoms with E-state index in [1.54, 1.807) is 0 Å². The van der Waals surface area contributed by atoms with Crippen LogP contribution in [0, 0.1) is 0 Å². The Hall–Kier alpha value is -1.51. The number of aliphatic imine (C=N–C) groups is 1. The molecule has 0 spiro atoms. The Balaban J connectivity index is 0.00000225. The van der Waals surface area contributed by atoms with Gasteiger partial charge in [-0.1, -0.05) is 12.1 Å². The second-order valence-corrected chi connectivity index (χ2v) is 6.61. The smallest absolute Gasteiger partial charge is 0.258 e. The summed E-state index contributed by atoms with van der Waals surface area (Å²) in [6.45, 7) is 0.747. The number of guanidine groups is 1. The average molecular weight is 458 g/mol. The maximum Gasteiger partial charge on any atom is 0.258 e. The van der Waals surface area contributed by atoms with Gasteiger partial charge in [0.1, 0.15) is 5.75 Å². The number of nitrogens with two attached hydrogens (primary N) is 1. The maximum absolute atomic E-state index is 11.6. The fourth-order valence-electron chi connectivity index (χ4n) is 2.46. The summed E-state index contributed by atoms with van der Waals surface area (Å²) in [5.74, 6) is 1.28. The summed E-state index contributed by atoms with van der Waals surface area (Å²) < 4.78 is 5.49. The second-order valence-electron chi connectivity index (χ2n) is 6.61. The zero-order chi connectivity index (χ0) is 16.9. The number of halogens is 1. The maximum atomic E-state index is 11.6.